The molecule has 0 aliphatic carbocycles. The molecule has 0 saturated heterocycles. The summed E-state index contributed by atoms with van der Waals surface area (Å²) in [5.74, 6) is -0.870. The fraction of sp³-hybridized carbons (Fsp3) is 0.761. The molecule has 0 aliphatic heterocycles. The van der Waals surface area contributed by atoms with Crippen LogP contribution in [-0.2, 0) is 28.6 Å². The smallest absolute Gasteiger partial charge is 0.306 e. The van der Waals surface area contributed by atoms with Crippen LogP contribution in [0.3, 0.4) is 0 Å². The summed E-state index contributed by atoms with van der Waals surface area (Å²) >= 11 is 0. The van der Waals surface area contributed by atoms with Crippen LogP contribution >= 0.6 is 0 Å². The first kappa shape index (κ1) is 73.6. The Kier molecular flexibility index (Phi) is 62.2. The van der Waals surface area contributed by atoms with E-state index in [0.717, 1.165) is 109 Å². The molecule has 0 aromatic heterocycles. The van der Waals surface area contributed by atoms with E-state index >= 15 is 0 Å². The monoisotopic (exact) mass is 1070 g/mol. The van der Waals surface area contributed by atoms with E-state index in [1.54, 1.807) is 0 Å². The van der Waals surface area contributed by atoms with Gasteiger partial charge in [0, 0.05) is 19.3 Å². The zero-order chi connectivity index (χ0) is 55.7. The van der Waals surface area contributed by atoms with Crippen LogP contribution in [0.5, 0.6) is 0 Å². The number of esters is 3. The molecule has 6 heteroatoms. The largest absolute Gasteiger partial charge is 0.462 e. The van der Waals surface area contributed by atoms with Gasteiger partial charge in [0.2, 0.25) is 0 Å². The zero-order valence-electron chi connectivity index (χ0n) is 51.0. The lowest BCUT2D eigenvalue weighted by atomic mass is 10.0. The van der Waals surface area contributed by atoms with Crippen molar-refractivity contribution in [3.05, 3.63) is 85.1 Å². The summed E-state index contributed by atoms with van der Waals surface area (Å²) in [5.41, 5.74) is 0. The van der Waals surface area contributed by atoms with Crippen LogP contribution in [0.15, 0.2) is 85.1 Å². The SMILES string of the molecule is CC/C=C\C/C=C\C/C=C\C/C=C\CCCCCCCCCCCCCCCCCCC(=O)OCC(COC(=O)CCCCCCCCCCCCCCC)OC(=O)CCCCCCCCC/C=C\C/C=C\C/C=C\CC. The number of hydrogen-bond donors (Lipinski definition) is 0. The van der Waals surface area contributed by atoms with Gasteiger partial charge in [-0.25, -0.2) is 0 Å². The van der Waals surface area contributed by atoms with Crippen LogP contribution < -0.4 is 0 Å². The van der Waals surface area contributed by atoms with Crippen molar-refractivity contribution in [2.24, 2.45) is 0 Å². The predicted molar refractivity (Wildman–Crippen MR) is 334 cm³/mol. The molecule has 0 rings (SSSR count). The van der Waals surface area contributed by atoms with E-state index < -0.39 is 6.10 Å². The van der Waals surface area contributed by atoms with E-state index in [9.17, 15) is 14.4 Å². The first-order valence-electron chi connectivity index (χ1n) is 33.1. The van der Waals surface area contributed by atoms with Crippen LogP contribution in [0.2, 0.25) is 0 Å². The van der Waals surface area contributed by atoms with Gasteiger partial charge in [0.15, 0.2) is 6.10 Å². The van der Waals surface area contributed by atoms with E-state index in [1.165, 1.54) is 180 Å². The minimum Gasteiger partial charge on any atom is -0.462 e. The van der Waals surface area contributed by atoms with Gasteiger partial charge >= 0.3 is 17.9 Å². The van der Waals surface area contributed by atoms with Crippen molar-refractivity contribution >= 4 is 17.9 Å². The fourth-order valence-corrected chi connectivity index (χ4v) is 9.51. The number of allylic oxidation sites excluding steroid dienone is 14. The van der Waals surface area contributed by atoms with Gasteiger partial charge < -0.3 is 14.2 Å². The van der Waals surface area contributed by atoms with E-state index in [1.807, 2.05) is 0 Å². The predicted octanol–water partition coefficient (Wildman–Crippen LogP) is 22.7. The van der Waals surface area contributed by atoms with Crippen molar-refractivity contribution in [1.82, 2.24) is 0 Å². The average molecular weight is 1070 g/mol. The Morgan fingerprint density at radius 3 is 0.792 bits per heavy atom. The Labute approximate surface area is 477 Å². The molecule has 1 atom stereocenters. The van der Waals surface area contributed by atoms with Crippen molar-refractivity contribution in [3.8, 4) is 0 Å². The molecule has 77 heavy (non-hydrogen) atoms. The minimum absolute atomic E-state index is 0.0759. The highest BCUT2D eigenvalue weighted by Gasteiger charge is 2.19. The van der Waals surface area contributed by atoms with Crippen LogP contribution in [0.4, 0.5) is 0 Å². The molecule has 0 bridgehead atoms. The second kappa shape index (κ2) is 65.1. The highest BCUT2D eigenvalue weighted by Crippen LogP contribution is 2.17. The summed E-state index contributed by atoms with van der Waals surface area (Å²) in [6, 6.07) is 0. The van der Waals surface area contributed by atoms with Gasteiger partial charge in [-0.05, 0) is 89.9 Å². The molecule has 6 nitrogen and oxygen atoms in total. The molecule has 0 aliphatic rings. The number of ether oxygens (including phenoxy) is 3. The third-order valence-electron chi connectivity index (χ3n) is 14.4. The molecule has 0 aromatic carbocycles. The topological polar surface area (TPSA) is 78.9 Å². The summed E-state index contributed by atoms with van der Waals surface area (Å²) in [4.78, 5) is 38.3. The summed E-state index contributed by atoms with van der Waals surface area (Å²) in [6.45, 7) is 6.45. The number of unbranched alkanes of at least 4 members (excludes halogenated alkanes) is 35. The maximum atomic E-state index is 12.9. The molecule has 0 heterocycles. The minimum atomic E-state index is -0.780. The quantitative estimate of drug-likeness (QED) is 0.0261. The summed E-state index contributed by atoms with van der Waals surface area (Å²) < 4.78 is 16.9. The molecule has 0 N–H and O–H groups in total. The number of rotatable bonds is 60. The number of carbonyl (C=O) groups excluding carboxylic acids is 3. The van der Waals surface area contributed by atoms with Crippen LogP contribution in [0.1, 0.15) is 329 Å². The Morgan fingerprint density at radius 2 is 0.506 bits per heavy atom. The molecule has 0 amide bonds. The fourth-order valence-electron chi connectivity index (χ4n) is 9.51. The lowest BCUT2D eigenvalue weighted by molar-refractivity contribution is -0.167. The molecule has 0 saturated carbocycles. The highest BCUT2D eigenvalue weighted by molar-refractivity contribution is 5.71. The number of hydrogen-bond acceptors (Lipinski definition) is 6. The maximum Gasteiger partial charge on any atom is 0.306 e. The van der Waals surface area contributed by atoms with Crippen LogP contribution in [-0.4, -0.2) is 37.2 Å². The Hall–Kier alpha value is -3.41. The Morgan fingerprint density at radius 1 is 0.273 bits per heavy atom. The molecular weight excluding hydrogens is 949 g/mol. The van der Waals surface area contributed by atoms with Gasteiger partial charge in [0.05, 0.1) is 0 Å². The Balaban J connectivity index is 4.22. The molecule has 0 aromatic rings. The van der Waals surface area contributed by atoms with Crippen molar-refractivity contribution in [1.29, 1.82) is 0 Å². The zero-order valence-corrected chi connectivity index (χ0v) is 51.0. The highest BCUT2D eigenvalue weighted by atomic mass is 16.6. The van der Waals surface area contributed by atoms with Gasteiger partial charge in [-0.3, -0.25) is 14.4 Å². The van der Waals surface area contributed by atoms with E-state index in [4.69, 9.17) is 14.2 Å². The molecule has 0 fully saturated rings. The van der Waals surface area contributed by atoms with Gasteiger partial charge in [0.1, 0.15) is 13.2 Å². The second-order valence-corrected chi connectivity index (χ2v) is 22.0. The molecule has 1 unspecified atom stereocenters. The van der Waals surface area contributed by atoms with E-state index in [0.29, 0.717) is 19.3 Å². The maximum absolute atomic E-state index is 12.9. The van der Waals surface area contributed by atoms with Gasteiger partial charge in [-0.15, -0.1) is 0 Å². The third kappa shape index (κ3) is 63.3. The normalized spacial score (nSPS) is 12.6. The first-order valence-corrected chi connectivity index (χ1v) is 33.1. The lowest BCUT2D eigenvalue weighted by Gasteiger charge is -2.18. The molecular formula is C71H124O6. The van der Waals surface area contributed by atoms with Crippen molar-refractivity contribution in [3.63, 3.8) is 0 Å². The van der Waals surface area contributed by atoms with Gasteiger partial charge in [-0.1, -0.05) is 305 Å². The summed E-state index contributed by atoms with van der Waals surface area (Å²) in [7, 11) is 0. The van der Waals surface area contributed by atoms with Crippen molar-refractivity contribution in [2.75, 3.05) is 13.2 Å². The first-order chi connectivity index (χ1) is 38.0. The summed E-state index contributed by atoms with van der Waals surface area (Å²) in [5, 5.41) is 0. The number of carbonyl (C=O) groups is 3. The molecule has 0 radical (unpaired) electrons. The van der Waals surface area contributed by atoms with E-state index in [2.05, 4.69) is 106 Å². The standard InChI is InChI=1S/C71H124O6/c1-4-7-10-13-16-19-22-25-27-29-30-31-32-33-34-35-36-37-38-39-40-42-43-46-49-52-55-58-61-64-70(73)76-67-68(66-75-69(72)63-60-57-54-51-48-45-24-21-18-15-12-9-6-3)77-71(74)65-62-59-56-53-50-47-44-41-28-26-23-20-17-14-11-8-5-2/h7-8,10-11,16-17,19-20,25-28,30-31,68H,4-6,9,12-15,18,21-24,29,32-67H2,1-3H3/b10-7-,11-8-,19-16-,20-17-,27-25-,28-26-,31-30-. The average Bonchev–Trinajstić information content (AvgIpc) is 3.43. The molecule has 0 spiro atoms. The Bertz CT molecular complexity index is 1470. The van der Waals surface area contributed by atoms with Crippen LogP contribution in [0, 0.1) is 0 Å². The van der Waals surface area contributed by atoms with Crippen LogP contribution in [0.25, 0.3) is 0 Å². The molecule has 444 valence electrons. The van der Waals surface area contributed by atoms with Gasteiger partial charge in [0.25, 0.3) is 0 Å². The van der Waals surface area contributed by atoms with E-state index in [-0.39, 0.29) is 31.1 Å². The van der Waals surface area contributed by atoms with Crippen molar-refractivity contribution in [2.45, 2.75) is 335 Å². The van der Waals surface area contributed by atoms with Crippen molar-refractivity contribution < 1.29 is 28.6 Å². The lowest BCUT2D eigenvalue weighted by Crippen LogP contribution is -2.30. The van der Waals surface area contributed by atoms with Gasteiger partial charge in [-0.2, -0.15) is 0 Å². The second-order valence-electron chi connectivity index (χ2n) is 22.0. The third-order valence-corrected chi connectivity index (χ3v) is 14.4. The summed E-state index contributed by atoms with van der Waals surface area (Å²) in [6.07, 6.45) is 86.0.